The molecule has 0 aliphatic carbocycles. The Morgan fingerprint density at radius 3 is 2.30 bits per heavy atom. The number of methoxy groups -OCH3 is 1. The Morgan fingerprint density at radius 2 is 1.67 bits per heavy atom. The summed E-state index contributed by atoms with van der Waals surface area (Å²) in [7, 11) is -2.33. The van der Waals surface area contributed by atoms with Crippen molar-refractivity contribution < 1.29 is 27.4 Å². The van der Waals surface area contributed by atoms with Crippen LogP contribution in [-0.2, 0) is 14.8 Å². The number of carbonyl (C=O) groups is 1. The third-order valence-corrected chi connectivity index (χ3v) is 6.78. The predicted octanol–water partition coefficient (Wildman–Crippen LogP) is 3.33. The standard InChI is InChI=1S/C22H27NO6S/c1-16-12-17(2)14-19(13-16)28-10-11-29-22(24)18-6-7-20(27-3)21(15-18)30(25,26)23-8-4-5-9-23/h6-7,12-15H,4-5,8-11H2,1-3H3. The largest absolute Gasteiger partial charge is 0.495 e. The van der Waals surface area contributed by atoms with Gasteiger partial charge in [0.2, 0.25) is 10.0 Å². The minimum absolute atomic E-state index is 0.0205. The van der Waals surface area contributed by atoms with Crippen LogP contribution in [-0.4, -0.2) is 52.1 Å². The zero-order chi connectivity index (χ0) is 21.7. The summed E-state index contributed by atoms with van der Waals surface area (Å²) in [6.07, 6.45) is 1.65. The lowest BCUT2D eigenvalue weighted by Gasteiger charge is -2.18. The number of rotatable bonds is 8. The number of hydrogen-bond donors (Lipinski definition) is 0. The molecular weight excluding hydrogens is 406 g/mol. The molecule has 3 rings (SSSR count). The topological polar surface area (TPSA) is 82.1 Å². The molecule has 0 N–H and O–H groups in total. The summed E-state index contributed by atoms with van der Waals surface area (Å²) in [5.74, 6) is 0.308. The van der Waals surface area contributed by atoms with Crippen LogP contribution in [0.5, 0.6) is 11.5 Å². The monoisotopic (exact) mass is 433 g/mol. The lowest BCUT2D eigenvalue weighted by atomic mass is 10.1. The first-order valence-corrected chi connectivity index (χ1v) is 11.3. The third kappa shape index (κ3) is 5.12. The maximum Gasteiger partial charge on any atom is 0.338 e. The summed E-state index contributed by atoms with van der Waals surface area (Å²) in [4.78, 5) is 12.4. The molecule has 1 heterocycles. The molecule has 1 fully saturated rings. The number of hydrogen-bond acceptors (Lipinski definition) is 6. The molecule has 30 heavy (non-hydrogen) atoms. The van der Waals surface area contributed by atoms with E-state index in [-0.39, 0.29) is 29.4 Å². The van der Waals surface area contributed by atoms with Crippen molar-refractivity contribution in [3.05, 3.63) is 53.1 Å². The van der Waals surface area contributed by atoms with Crippen LogP contribution in [0, 0.1) is 13.8 Å². The fourth-order valence-electron chi connectivity index (χ4n) is 3.47. The minimum atomic E-state index is -3.73. The zero-order valence-electron chi connectivity index (χ0n) is 17.5. The summed E-state index contributed by atoms with van der Waals surface area (Å²) < 4.78 is 43.4. The highest BCUT2D eigenvalue weighted by Gasteiger charge is 2.30. The molecule has 0 bridgehead atoms. The van der Waals surface area contributed by atoms with Gasteiger partial charge in [-0.15, -0.1) is 0 Å². The van der Waals surface area contributed by atoms with Crippen LogP contribution < -0.4 is 9.47 Å². The maximum atomic E-state index is 12.9. The van der Waals surface area contributed by atoms with Gasteiger partial charge in [-0.3, -0.25) is 0 Å². The molecule has 8 heteroatoms. The van der Waals surface area contributed by atoms with Crippen molar-refractivity contribution in [2.24, 2.45) is 0 Å². The van der Waals surface area contributed by atoms with E-state index in [1.54, 1.807) is 0 Å². The Balaban J connectivity index is 1.65. The van der Waals surface area contributed by atoms with Gasteiger partial charge >= 0.3 is 5.97 Å². The number of aryl methyl sites for hydroxylation is 2. The van der Waals surface area contributed by atoms with Gasteiger partial charge in [-0.25, -0.2) is 13.2 Å². The maximum absolute atomic E-state index is 12.9. The molecule has 0 spiro atoms. The van der Waals surface area contributed by atoms with E-state index in [0.29, 0.717) is 18.8 Å². The molecule has 7 nitrogen and oxygen atoms in total. The minimum Gasteiger partial charge on any atom is -0.495 e. The van der Waals surface area contributed by atoms with Crippen molar-refractivity contribution in [1.82, 2.24) is 4.31 Å². The Morgan fingerprint density at radius 1 is 1.00 bits per heavy atom. The van der Waals surface area contributed by atoms with Crippen molar-refractivity contribution in [3.8, 4) is 11.5 Å². The Kier molecular flexibility index (Phi) is 6.99. The molecule has 1 saturated heterocycles. The lowest BCUT2D eigenvalue weighted by molar-refractivity contribution is 0.0450. The normalized spacial score (nSPS) is 14.5. The van der Waals surface area contributed by atoms with Gasteiger partial charge in [0.15, 0.2) is 0 Å². The number of esters is 1. The van der Waals surface area contributed by atoms with Crippen LogP contribution in [0.3, 0.4) is 0 Å². The van der Waals surface area contributed by atoms with Crippen LogP contribution in [0.2, 0.25) is 0 Å². The van der Waals surface area contributed by atoms with Gasteiger partial charge in [0.25, 0.3) is 0 Å². The second-order valence-corrected chi connectivity index (χ2v) is 9.19. The van der Waals surface area contributed by atoms with E-state index in [2.05, 4.69) is 0 Å². The van der Waals surface area contributed by atoms with Crippen molar-refractivity contribution in [3.63, 3.8) is 0 Å². The molecule has 0 amide bonds. The van der Waals surface area contributed by atoms with Gasteiger partial charge in [-0.1, -0.05) is 6.07 Å². The van der Waals surface area contributed by atoms with Crippen LogP contribution in [0.4, 0.5) is 0 Å². The Bertz CT molecular complexity index is 992. The summed E-state index contributed by atoms with van der Waals surface area (Å²) in [6.45, 7) is 5.15. The van der Waals surface area contributed by atoms with Gasteiger partial charge < -0.3 is 14.2 Å². The molecule has 0 aromatic heterocycles. The molecule has 1 aliphatic heterocycles. The van der Waals surface area contributed by atoms with Gasteiger partial charge in [-0.05, 0) is 68.1 Å². The SMILES string of the molecule is COc1ccc(C(=O)OCCOc2cc(C)cc(C)c2)cc1S(=O)(=O)N1CCCC1. The Labute approximate surface area is 177 Å². The van der Waals surface area contributed by atoms with Crippen molar-refractivity contribution in [1.29, 1.82) is 0 Å². The number of carbonyl (C=O) groups excluding carboxylic acids is 1. The fraction of sp³-hybridized carbons (Fsp3) is 0.409. The van der Waals surface area contributed by atoms with Gasteiger partial charge in [0.05, 0.1) is 12.7 Å². The Hall–Kier alpha value is -2.58. The van der Waals surface area contributed by atoms with E-state index in [1.807, 2.05) is 32.0 Å². The molecule has 162 valence electrons. The second-order valence-electron chi connectivity index (χ2n) is 7.28. The van der Waals surface area contributed by atoms with Gasteiger partial charge in [0.1, 0.15) is 29.6 Å². The molecule has 0 saturated carbocycles. The van der Waals surface area contributed by atoms with E-state index >= 15 is 0 Å². The van der Waals surface area contributed by atoms with Crippen molar-refractivity contribution in [2.45, 2.75) is 31.6 Å². The van der Waals surface area contributed by atoms with Crippen LogP contribution in [0.15, 0.2) is 41.3 Å². The predicted molar refractivity (Wildman–Crippen MR) is 113 cm³/mol. The van der Waals surface area contributed by atoms with E-state index in [1.165, 1.54) is 29.6 Å². The highest BCUT2D eigenvalue weighted by Crippen LogP contribution is 2.30. The molecule has 0 unspecified atom stereocenters. The van der Waals surface area contributed by atoms with Crippen LogP contribution >= 0.6 is 0 Å². The average Bonchev–Trinajstić information content (AvgIpc) is 3.25. The smallest absolute Gasteiger partial charge is 0.338 e. The highest BCUT2D eigenvalue weighted by molar-refractivity contribution is 7.89. The van der Waals surface area contributed by atoms with E-state index in [9.17, 15) is 13.2 Å². The van der Waals surface area contributed by atoms with E-state index in [0.717, 1.165) is 24.0 Å². The summed E-state index contributed by atoms with van der Waals surface area (Å²) in [6, 6.07) is 10.2. The molecular formula is C22H27NO6S. The summed E-state index contributed by atoms with van der Waals surface area (Å²) in [5.41, 5.74) is 2.33. The molecule has 2 aromatic rings. The van der Waals surface area contributed by atoms with E-state index in [4.69, 9.17) is 14.2 Å². The van der Waals surface area contributed by atoms with E-state index < -0.39 is 16.0 Å². The highest BCUT2D eigenvalue weighted by atomic mass is 32.2. The average molecular weight is 434 g/mol. The molecule has 1 aliphatic rings. The third-order valence-electron chi connectivity index (χ3n) is 4.86. The number of nitrogens with zero attached hydrogens (tertiary/aromatic N) is 1. The van der Waals surface area contributed by atoms with Crippen LogP contribution in [0.1, 0.15) is 34.3 Å². The first kappa shape index (κ1) is 22.1. The molecule has 0 atom stereocenters. The second kappa shape index (κ2) is 9.49. The number of ether oxygens (including phenoxy) is 3. The number of sulfonamides is 1. The summed E-state index contributed by atoms with van der Waals surface area (Å²) in [5, 5.41) is 0. The first-order chi connectivity index (χ1) is 14.3. The molecule has 2 aromatic carbocycles. The quantitative estimate of drug-likeness (QED) is 0.469. The first-order valence-electron chi connectivity index (χ1n) is 9.87. The van der Waals surface area contributed by atoms with Gasteiger partial charge in [0, 0.05) is 13.1 Å². The van der Waals surface area contributed by atoms with Crippen molar-refractivity contribution in [2.75, 3.05) is 33.4 Å². The molecule has 0 radical (unpaired) electrons. The zero-order valence-corrected chi connectivity index (χ0v) is 18.3. The van der Waals surface area contributed by atoms with Gasteiger partial charge in [-0.2, -0.15) is 4.31 Å². The fourth-order valence-corrected chi connectivity index (χ4v) is 5.16. The summed E-state index contributed by atoms with van der Waals surface area (Å²) >= 11 is 0. The van der Waals surface area contributed by atoms with Crippen LogP contribution in [0.25, 0.3) is 0 Å². The lowest BCUT2D eigenvalue weighted by Crippen LogP contribution is -2.28. The van der Waals surface area contributed by atoms with Crippen molar-refractivity contribution >= 4 is 16.0 Å². The number of benzene rings is 2.